The average Bonchev–Trinajstić information content (AvgIpc) is 3.04. The van der Waals surface area contributed by atoms with E-state index in [2.05, 4.69) is 29.3 Å². The van der Waals surface area contributed by atoms with Crippen LogP contribution in [0.3, 0.4) is 0 Å². The Bertz CT molecular complexity index is 609. The molecule has 21 heavy (non-hydrogen) atoms. The third-order valence-electron chi connectivity index (χ3n) is 4.05. The normalized spacial score (nSPS) is 22.3. The molecule has 1 N–H and O–H groups in total. The molecular formula is C15H18N4O2. The van der Waals surface area contributed by atoms with E-state index in [0.29, 0.717) is 17.4 Å². The first-order valence-electron chi connectivity index (χ1n) is 7.08. The number of carbonyl (C=O) groups excluding carboxylic acids is 1. The fourth-order valence-corrected chi connectivity index (χ4v) is 2.57. The van der Waals surface area contributed by atoms with Crippen molar-refractivity contribution in [2.75, 3.05) is 13.1 Å². The summed E-state index contributed by atoms with van der Waals surface area (Å²) in [6.45, 7) is 5.74. The van der Waals surface area contributed by atoms with E-state index in [1.165, 1.54) is 6.39 Å². The van der Waals surface area contributed by atoms with Crippen molar-refractivity contribution in [1.29, 1.82) is 0 Å². The van der Waals surface area contributed by atoms with Crippen LogP contribution in [-0.4, -0.2) is 46.1 Å². The second kappa shape index (κ2) is 5.65. The number of aromatic nitrogens is 2. The number of carbonyl (C=O) groups is 1. The highest BCUT2D eigenvalue weighted by atomic mass is 16.5. The first-order chi connectivity index (χ1) is 10.2. The van der Waals surface area contributed by atoms with Gasteiger partial charge in [-0.3, -0.25) is 4.79 Å². The first-order valence-corrected chi connectivity index (χ1v) is 7.08. The predicted octanol–water partition coefficient (Wildman–Crippen LogP) is 1.56. The number of hydrogen-bond donors (Lipinski definition) is 1. The third kappa shape index (κ3) is 2.67. The van der Waals surface area contributed by atoms with Crippen LogP contribution in [0.4, 0.5) is 0 Å². The van der Waals surface area contributed by atoms with Gasteiger partial charge in [0.1, 0.15) is 0 Å². The number of nitrogens with one attached hydrogen (secondary N) is 1. The average molecular weight is 286 g/mol. The molecule has 0 aliphatic carbocycles. The lowest BCUT2D eigenvalue weighted by Gasteiger charge is -2.38. The quantitative estimate of drug-likeness (QED) is 0.907. The Morgan fingerprint density at radius 3 is 2.76 bits per heavy atom. The van der Waals surface area contributed by atoms with Gasteiger partial charge in [-0.05, 0) is 26.0 Å². The molecule has 0 saturated carbocycles. The zero-order chi connectivity index (χ0) is 14.8. The van der Waals surface area contributed by atoms with Crippen LogP contribution in [0.25, 0.3) is 11.4 Å². The Kier molecular flexibility index (Phi) is 3.70. The minimum Gasteiger partial charge on any atom is -0.342 e. The van der Waals surface area contributed by atoms with Crippen LogP contribution in [0.2, 0.25) is 0 Å². The molecule has 0 bridgehead atoms. The van der Waals surface area contributed by atoms with Gasteiger partial charge in [0.25, 0.3) is 5.91 Å². The molecule has 1 aliphatic heterocycles. The standard InChI is InChI=1S/C15H18N4O2/c1-10-11(2)19(8-7-16-10)15(20)13-5-3-12(4-6-13)14-17-9-21-18-14/h3-6,9-11,16H,7-8H2,1-2H3. The molecule has 1 amide bonds. The van der Waals surface area contributed by atoms with E-state index in [4.69, 9.17) is 4.52 Å². The van der Waals surface area contributed by atoms with Crippen LogP contribution >= 0.6 is 0 Å². The van der Waals surface area contributed by atoms with Crippen molar-refractivity contribution < 1.29 is 9.32 Å². The van der Waals surface area contributed by atoms with Crippen molar-refractivity contribution in [1.82, 2.24) is 20.4 Å². The van der Waals surface area contributed by atoms with Crippen molar-refractivity contribution in [2.45, 2.75) is 25.9 Å². The number of benzene rings is 1. The summed E-state index contributed by atoms with van der Waals surface area (Å²) >= 11 is 0. The van der Waals surface area contributed by atoms with Gasteiger partial charge in [-0.25, -0.2) is 0 Å². The molecule has 3 rings (SSSR count). The highest BCUT2D eigenvalue weighted by Crippen LogP contribution is 2.18. The molecule has 1 fully saturated rings. The lowest BCUT2D eigenvalue weighted by molar-refractivity contribution is 0.0603. The summed E-state index contributed by atoms with van der Waals surface area (Å²) < 4.78 is 4.72. The summed E-state index contributed by atoms with van der Waals surface area (Å²) in [6, 6.07) is 7.80. The number of rotatable bonds is 2. The number of hydrogen-bond acceptors (Lipinski definition) is 5. The molecule has 6 heteroatoms. The molecule has 110 valence electrons. The second-order valence-corrected chi connectivity index (χ2v) is 5.31. The Morgan fingerprint density at radius 1 is 1.33 bits per heavy atom. The van der Waals surface area contributed by atoms with Crippen LogP contribution in [-0.2, 0) is 0 Å². The van der Waals surface area contributed by atoms with Gasteiger partial charge in [0.15, 0.2) is 0 Å². The van der Waals surface area contributed by atoms with Crippen LogP contribution < -0.4 is 5.32 Å². The summed E-state index contributed by atoms with van der Waals surface area (Å²) in [5, 5.41) is 7.16. The molecule has 6 nitrogen and oxygen atoms in total. The van der Waals surface area contributed by atoms with E-state index in [1.54, 1.807) is 0 Å². The first kappa shape index (κ1) is 13.8. The minimum atomic E-state index is 0.0653. The van der Waals surface area contributed by atoms with Crippen LogP contribution in [0, 0.1) is 0 Å². The SMILES string of the molecule is CC1NCCN(C(=O)c2ccc(-c3ncon3)cc2)C1C. The van der Waals surface area contributed by atoms with E-state index < -0.39 is 0 Å². The van der Waals surface area contributed by atoms with E-state index >= 15 is 0 Å². The molecule has 2 unspecified atom stereocenters. The number of nitrogens with zero attached hydrogens (tertiary/aromatic N) is 3. The van der Waals surface area contributed by atoms with Gasteiger partial charge in [-0.2, -0.15) is 4.98 Å². The third-order valence-corrected chi connectivity index (χ3v) is 4.05. The predicted molar refractivity (Wildman–Crippen MR) is 77.7 cm³/mol. The molecule has 1 saturated heterocycles. The van der Waals surface area contributed by atoms with Crippen molar-refractivity contribution in [3.63, 3.8) is 0 Å². The van der Waals surface area contributed by atoms with Gasteiger partial charge < -0.3 is 14.7 Å². The van der Waals surface area contributed by atoms with E-state index in [-0.39, 0.29) is 11.9 Å². The van der Waals surface area contributed by atoms with Gasteiger partial charge in [-0.1, -0.05) is 17.3 Å². The zero-order valence-corrected chi connectivity index (χ0v) is 12.1. The summed E-state index contributed by atoms with van der Waals surface area (Å²) in [4.78, 5) is 18.5. The summed E-state index contributed by atoms with van der Waals surface area (Å²) in [5.41, 5.74) is 1.52. The van der Waals surface area contributed by atoms with Gasteiger partial charge in [-0.15, -0.1) is 0 Å². The molecular weight excluding hydrogens is 268 g/mol. The van der Waals surface area contributed by atoms with Crippen molar-refractivity contribution in [2.24, 2.45) is 0 Å². The fraction of sp³-hybridized carbons (Fsp3) is 0.400. The highest BCUT2D eigenvalue weighted by molar-refractivity contribution is 5.95. The molecule has 2 atom stereocenters. The lowest BCUT2D eigenvalue weighted by Crippen LogP contribution is -2.57. The van der Waals surface area contributed by atoms with E-state index in [0.717, 1.165) is 18.7 Å². The molecule has 2 heterocycles. The molecule has 2 aromatic rings. The van der Waals surface area contributed by atoms with Crippen molar-refractivity contribution in [3.05, 3.63) is 36.2 Å². The Labute approximate surface area is 123 Å². The Morgan fingerprint density at radius 2 is 2.10 bits per heavy atom. The molecule has 1 aromatic heterocycles. The summed E-state index contributed by atoms with van der Waals surface area (Å²) in [5.74, 6) is 0.591. The molecule has 0 spiro atoms. The topological polar surface area (TPSA) is 71.3 Å². The maximum atomic E-state index is 12.6. The van der Waals surface area contributed by atoms with Crippen LogP contribution in [0.5, 0.6) is 0 Å². The van der Waals surface area contributed by atoms with Crippen molar-refractivity contribution in [3.8, 4) is 11.4 Å². The Balaban J connectivity index is 1.79. The van der Waals surface area contributed by atoms with Gasteiger partial charge in [0, 0.05) is 36.3 Å². The molecule has 0 radical (unpaired) electrons. The van der Waals surface area contributed by atoms with E-state index in [9.17, 15) is 4.79 Å². The van der Waals surface area contributed by atoms with Gasteiger partial charge >= 0.3 is 0 Å². The van der Waals surface area contributed by atoms with Gasteiger partial charge in [0.05, 0.1) is 0 Å². The Hall–Kier alpha value is -2.21. The van der Waals surface area contributed by atoms with E-state index in [1.807, 2.05) is 29.2 Å². The molecule has 1 aliphatic rings. The summed E-state index contributed by atoms with van der Waals surface area (Å²) in [6.07, 6.45) is 1.29. The largest absolute Gasteiger partial charge is 0.342 e. The highest BCUT2D eigenvalue weighted by Gasteiger charge is 2.28. The number of amides is 1. The zero-order valence-electron chi connectivity index (χ0n) is 12.1. The van der Waals surface area contributed by atoms with Crippen LogP contribution in [0.15, 0.2) is 35.2 Å². The smallest absolute Gasteiger partial charge is 0.254 e. The maximum absolute atomic E-state index is 12.6. The van der Waals surface area contributed by atoms with Crippen molar-refractivity contribution >= 4 is 5.91 Å². The van der Waals surface area contributed by atoms with Crippen LogP contribution in [0.1, 0.15) is 24.2 Å². The minimum absolute atomic E-state index is 0.0653. The fourth-order valence-electron chi connectivity index (χ4n) is 2.57. The van der Waals surface area contributed by atoms with Gasteiger partial charge in [0.2, 0.25) is 12.2 Å². The second-order valence-electron chi connectivity index (χ2n) is 5.31. The monoisotopic (exact) mass is 286 g/mol. The lowest BCUT2D eigenvalue weighted by atomic mass is 10.0. The molecule has 1 aromatic carbocycles. The number of piperazine rings is 1. The summed E-state index contributed by atoms with van der Waals surface area (Å²) in [7, 11) is 0. The maximum Gasteiger partial charge on any atom is 0.254 e.